The summed E-state index contributed by atoms with van der Waals surface area (Å²) in [5.41, 5.74) is 6.60. The van der Waals surface area contributed by atoms with Crippen LogP contribution < -0.4 is 15.3 Å². The van der Waals surface area contributed by atoms with Gasteiger partial charge in [-0.25, -0.2) is 24.3 Å². The Bertz CT molecular complexity index is 1440. The van der Waals surface area contributed by atoms with Crippen LogP contribution in [0.2, 0.25) is 0 Å². The van der Waals surface area contributed by atoms with Crippen molar-refractivity contribution in [1.82, 2.24) is 24.6 Å². The number of nitrogen functional groups attached to an aromatic ring is 1. The van der Waals surface area contributed by atoms with E-state index in [4.69, 9.17) is 33.7 Å². The zero-order valence-electron chi connectivity index (χ0n) is 22.1. The molecule has 5 rings (SSSR count). The van der Waals surface area contributed by atoms with E-state index in [9.17, 15) is 14.2 Å². The second kappa shape index (κ2) is 11.0. The van der Waals surface area contributed by atoms with Crippen LogP contribution in [0.15, 0.2) is 43.0 Å². The lowest BCUT2D eigenvalue weighted by Crippen LogP contribution is -2.41. The van der Waals surface area contributed by atoms with Crippen molar-refractivity contribution >= 4 is 36.9 Å². The molecule has 3 unspecified atom stereocenters. The number of nitrogens with zero attached hydrogens (tertiary/aromatic N) is 4. The maximum atomic E-state index is 14.0. The second-order valence-electron chi connectivity index (χ2n) is 9.54. The minimum atomic E-state index is -4.25. The van der Waals surface area contributed by atoms with Gasteiger partial charge >= 0.3 is 19.9 Å². The van der Waals surface area contributed by atoms with Crippen molar-refractivity contribution in [3.8, 4) is 5.75 Å². The number of carbonyl (C=O) groups is 2. The molecule has 3 N–H and O–H groups in total. The number of ether oxygens (including phenoxy) is 4. The molecule has 0 saturated carbocycles. The quantitative estimate of drug-likeness (QED) is 0.265. The number of anilines is 1. The summed E-state index contributed by atoms with van der Waals surface area (Å²) in [5.74, 6) is -0.246. The molecule has 16 heteroatoms. The molecule has 1 aromatic carbocycles. The number of imidazole rings is 1. The fraction of sp³-hybridized carbons (Fsp3) is 0.458. The molecule has 4 heterocycles. The van der Waals surface area contributed by atoms with Crippen LogP contribution in [0, 0.1) is 0 Å². The molecule has 2 saturated heterocycles. The molecule has 40 heavy (non-hydrogen) atoms. The number of nitrogens with two attached hydrogens (primary N) is 1. The number of hydrogen-bond acceptors (Lipinski definition) is 13. The van der Waals surface area contributed by atoms with Crippen molar-refractivity contribution in [2.24, 2.45) is 0 Å². The van der Waals surface area contributed by atoms with Crippen molar-refractivity contribution < 1.29 is 42.1 Å². The van der Waals surface area contributed by atoms with E-state index < -0.39 is 56.6 Å². The fourth-order valence-corrected chi connectivity index (χ4v) is 6.13. The van der Waals surface area contributed by atoms with Gasteiger partial charge in [0, 0.05) is 0 Å². The summed E-state index contributed by atoms with van der Waals surface area (Å²) in [6.45, 7) is 6.44. The van der Waals surface area contributed by atoms with E-state index in [1.807, 2.05) is 0 Å². The number of benzene rings is 1. The Morgan fingerprint density at radius 3 is 2.55 bits per heavy atom. The molecule has 7 atom stereocenters. The molecule has 0 spiro atoms. The topological polar surface area (TPSA) is 188 Å². The average Bonchev–Trinajstić information content (AvgIpc) is 3.57. The Morgan fingerprint density at radius 1 is 1.10 bits per heavy atom. The third-order valence-electron chi connectivity index (χ3n) is 6.14. The van der Waals surface area contributed by atoms with Crippen molar-refractivity contribution in [2.75, 3.05) is 5.73 Å². The molecule has 3 aromatic rings. The summed E-state index contributed by atoms with van der Waals surface area (Å²) in [6.07, 6.45) is -3.30. The van der Waals surface area contributed by atoms with Gasteiger partial charge in [0.2, 0.25) is 0 Å². The number of fused-ring (bicyclic) bond motifs is 2. The largest absolute Gasteiger partial charge is 0.509 e. The van der Waals surface area contributed by atoms with Gasteiger partial charge in [0.1, 0.15) is 29.7 Å². The molecule has 2 fully saturated rings. The van der Waals surface area contributed by atoms with Crippen LogP contribution in [0.5, 0.6) is 5.75 Å². The Labute approximate surface area is 228 Å². The van der Waals surface area contributed by atoms with Crippen LogP contribution in [0.25, 0.3) is 11.2 Å². The smallest absolute Gasteiger partial charge is 0.462 e. The van der Waals surface area contributed by atoms with Crippen molar-refractivity contribution in [1.29, 1.82) is 0 Å². The lowest BCUT2D eigenvalue weighted by Gasteiger charge is -2.29. The molecule has 0 bridgehead atoms. The van der Waals surface area contributed by atoms with Crippen LogP contribution in [0.1, 0.15) is 33.9 Å². The van der Waals surface area contributed by atoms with Gasteiger partial charge in [0.15, 0.2) is 29.9 Å². The number of carbonyl (C=O) groups excluding carboxylic acids is 2. The summed E-state index contributed by atoms with van der Waals surface area (Å²) in [4.78, 5) is 37.0. The van der Waals surface area contributed by atoms with Crippen LogP contribution in [-0.2, 0) is 32.8 Å². The molecule has 2 aromatic heterocycles. The standard InChI is InChI=1S/C24H29N6O9P/c1-12(2)34-23(31)13(3)29-40(33,39-15-8-6-5-7-9-15)38-14(4)17-18-19(37-24(32)36-18)22(35-17)30-11-28-16-20(25)26-10-27-21(16)30/h5-14,17-19,22H,1-4H3,(H,29,33)(H2,25,26,27)/t13?,14?,17-,18-,19-,22-,40?/m1/s1. The molecular weight excluding hydrogens is 547 g/mol. The van der Waals surface area contributed by atoms with Gasteiger partial charge in [-0.1, -0.05) is 18.2 Å². The number of nitrogens with one attached hydrogen (secondary N) is 1. The van der Waals surface area contributed by atoms with Crippen LogP contribution in [0.3, 0.4) is 0 Å². The number of aromatic nitrogens is 4. The monoisotopic (exact) mass is 576 g/mol. The SMILES string of the molecule is CC(C)OC(=O)C(C)NP(=O)(Oc1ccccc1)OC(C)[C@H]1O[C@@H](n2cnc3c(N)ncnc32)[C@@H]2OC(=O)O[C@@H]21. The van der Waals surface area contributed by atoms with Gasteiger partial charge in [-0.3, -0.25) is 13.9 Å². The molecule has 15 nitrogen and oxygen atoms in total. The lowest BCUT2D eigenvalue weighted by molar-refractivity contribution is -0.149. The van der Waals surface area contributed by atoms with E-state index >= 15 is 0 Å². The Kier molecular flexibility index (Phi) is 7.64. The highest BCUT2D eigenvalue weighted by Gasteiger charge is 2.58. The van der Waals surface area contributed by atoms with Gasteiger partial charge in [-0.15, -0.1) is 0 Å². The van der Waals surface area contributed by atoms with Gasteiger partial charge in [0.25, 0.3) is 0 Å². The fourth-order valence-electron chi connectivity index (χ4n) is 4.43. The average molecular weight is 577 g/mol. The minimum Gasteiger partial charge on any atom is -0.462 e. The predicted octanol–water partition coefficient (Wildman–Crippen LogP) is 2.73. The number of rotatable bonds is 10. The highest BCUT2D eigenvalue weighted by molar-refractivity contribution is 7.52. The predicted molar refractivity (Wildman–Crippen MR) is 138 cm³/mol. The number of hydrogen-bond donors (Lipinski definition) is 2. The summed E-state index contributed by atoms with van der Waals surface area (Å²) in [5, 5.41) is 2.63. The Hall–Kier alpha value is -3.78. The molecular formula is C24H29N6O9P. The summed E-state index contributed by atoms with van der Waals surface area (Å²) >= 11 is 0. The highest BCUT2D eigenvalue weighted by atomic mass is 31.2. The van der Waals surface area contributed by atoms with Gasteiger partial charge in [-0.05, 0) is 39.8 Å². The molecule has 0 aliphatic carbocycles. The molecule has 214 valence electrons. The Morgan fingerprint density at radius 2 is 1.82 bits per heavy atom. The van der Waals surface area contributed by atoms with Crippen LogP contribution in [-0.4, -0.2) is 68.2 Å². The first-order valence-electron chi connectivity index (χ1n) is 12.5. The van der Waals surface area contributed by atoms with Crippen LogP contribution >= 0.6 is 7.75 Å². The van der Waals surface area contributed by atoms with E-state index in [1.165, 1.54) is 19.6 Å². The van der Waals surface area contributed by atoms with E-state index in [0.717, 1.165) is 0 Å². The second-order valence-corrected chi connectivity index (χ2v) is 11.2. The zero-order chi connectivity index (χ0) is 28.6. The minimum absolute atomic E-state index is 0.168. The molecule has 0 radical (unpaired) electrons. The molecule has 2 aliphatic heterocycles. The first kappa shape index (κ1) is 27.8. The van der Waals surface area contributed by atoms with E-state index in [0.29, 0.717) is 11.2 Å². The van der Waals surface area contributed by atoms with E-state index in [-0.39, 0.29) is 17.7 Å². The first-order valence-corrected chi connectivity index (χ1v) is 14.1. The summed E-state index contributed by atoms with van der Waals surface area (Å²) < 4.78 is 49.5. The zero-order valence-corrected chi connectivity index (χ0v) is 23.0. The first-order chi connectivity index (χ1) is 19.0. The van der Waals surface area contributed by atoms with Gasteiger partial charge < -0.3 is 29.2 Å². The highest BCUT2D eigenvalue weighted by Crippen LogP contribution is 2.49. The normalized spacial score (nSPS) is 25.1. The van der Waals surface area contributed by atoms with Crippen molar-refractivity contribution in [3.63, 3.8) is 0 Å². The van der Waals surface area contributed by atoms with E-state index in [2.05, 4.69) is 20.0 Å². The number of esters is 1. The lowest BCUT2D eigenvalue weighted by atomic mass is 10.1. The van der Waals surface area contributed by atoms with E-state index in [1.54, 1.807) is 55.7 Å². The maximum Gasteiger partial charge on any atom is 0.509 e. The molecule has 2 aliphatic rings. The van der Waals surface area contributed by atoms with Gasteiger partial charge in [-0.2, -0.15) is 5.09 Å². The number of para-hydroxylation sites is 1. The summed E-state index contributed by atoms with van der Waals surface area (Å²) in [7, 11) is -4.25. The van der Waals surface area contributed by atoms with Crippen molar-refractivity contribution in [3.05, 3.63) is 43.0 Å². The van der Waals surface area contributed by atoms with Gasteiger partial charge in [0.05, 0.1) is 18.5 Å². The Balaban J connectivity index is 1.40. The van der Waals surface area contributed by atoms with Crippen molar-refractivity contribution in [2.45, 2.75) is 70.5 Å². The third-order valence-corrected chi connectivity index (χ3v) is 7.91. The summed E-state index contributed by atoms with van der Waals surface area (Å²) in [6, 6.07) is 7.26. The third kappa shape index (κ3) is 5.59. The maximum absolute atomic E-state index is 14.0. The van der Waals surface area contributed by atoms with Crippen LogP contribution in [0.4, 0.5) is 10.6 Å². The molecule has 0 amide bonds.